The van der Waals surface area contributed by atoms with Gasteiger partial charge in [0.05, 0.1) is 18.6 Å². The van der Waals surface area contributed by atoms with Crippen molar-refractivity contribution in [2.75, 3.05) is 7.11 Å². The first kappa shape index (κ1) is 23.6. The van der Waals surface area contributed by atoms with E-state index in [0.717, 1.165) is 33.7 Å². The predicted octanol–water partition coefficient (Wildman–Crippen LogP) is 6.76. The third-order valence-corrected chi connectivity index (χ3v) is 6.12. The van der Waals surface area contributed by atoms with E-state index < -0.39 is 10.9 Å². The molecule has 0 bridgehead atoms. The van der Waals surface area contributed by atoms with Gasteiger partial charge < -0.3 is 19.1 Å². The summed E-state index contributed by atoms with van der Waals surface area (Å²) in [5, 5.41) is 21.9. The molecule has 5 rings (SSSR count). The van der Waals surface area contributed by atoms with Crippen molar-refractivity contribution in [1.29, 1.82) is 0 Å². The number of nitro groups is 1. The lowest BCUT2D eigenvalue weighted by molar-refractivity contribution is -0.384. The van der Waals surface area contributed by atoms with Gasteiger partial charge in [-0.05, 0) is 41.5 Å². The van der Waals surface area contributed by atoms with Gasteiger partial charge in [0, 0.05) is 34.8 Å². The molecule has 0 aliphatic rings. The highest BCUT2D eigenvalue weighted by Gasteiger charge is 2.21. The van der Waals surface area contributed by atoms with Gasteiger partial charge in [0.25, 0.3) is 5.69 Å². The normalized spacial score (nSPS) is 10.8. The summed E-state index contributed by atoms with van der Waals surface area (Å²) >= 11 is 0. The van der Waals surface area contributed by atoms with Crippen LogP contribution in [0.1, 0.15) is 15.9 Å². The van der Waals surface area contributed by atoms with Crippen molar-refractivity contribution in [2.45, 2.75) is 6.54 Å². The van der Waals surface area contributed by atoms with Crippen LogP contribution in [-0.2, 0) is 6.54 Å². The van der Waals surface area contributed by atoms with E-state index in [9.17, 15) is 20.0 Å². The summed E-state index contributed by atoms with van der Waals surface area (Å²) in [6.45, 7) is 0.427. The highest BCUT2D eigenvalue weighted by Crippen LogP contribution is 2.38. The fourth-order valence-electron chi connectivity index (χ4n) is 4.29. The molecular formula is C29H22N2O6. The van der Waals surface area contributed by atoms with Gasteiger partial charge >= 0.3 is 5.97 Å². The topological polar surface area (TPSA) is 104 Å². The number of carbonyl (C=O) groups is 1. The molecule has 5 aromatic rings. The van der Waals surface area contributed by atoms with Crippen LogP contribution in [0.2, 0.25) is 0 Å². The van der Waals surface area contributed by atoms with Crippen LogP contribution in [0, 0.1) is 10.1 Å². The number of benzene rings is 4. The largest absolute Gasteiger partial charge is 0.493 e. The van der Waals surface area contributed by atoms with Gasteiger partial charge in [0.2, 0.25) is 0 Å². The predicted molar refractivity (Wildman–Crippen MR) is 140 cm³/mol. The molecule has 0 aliphatic carbocycles. The maximum Gasteiger partial charge on any atom is 0.339 e. The van der Waals surface area contributed by atoms with Crippen LogP contribution in [-0.4, -0.2) is 27.7 Å². The molecule has 184 valence electrons. The Morgan fingerprint density at radius 1 is 0.919 bits per heavy atom. The van der Waals surface area contributed by atoms with Crippen molar-refractivity contribution in [3.63, 3.8) is 0 Å². The molecule has 0 radical (unpaired) electrons. The van der Waals surface area contributed by atoms with Gasteiger partial charge in [-0.2, -0.15) is 0 Å². The Balaban J connectivity index is 1.51. The van der Waals surface area contributed by atoms with E-state index in [1.165, 1.54) is 19.2 Å². The summed E-state index contributed by atoms with van der Waals surface area (Å²) in [6.07, 6.45) is 1.98. The van der Waals surface area contributed by atoms with E-state index in [0.29, 0.717) is 18.0 Å². The minimum atomic E-state index is -1.33. The van der Waals surface area contributed by atoms with Crippen LogP contribution in [0.15, 0.2) is 97.2 Å². The first-order valence-electron chi connectivity index (χ1n) is 11.4. The van der Waals surface area contributed by atoms with Crippen molar-refractivity contribution >= 4 is 22.6 Å². The second-order valence-corrected chi connectivity index (χ2v) is 8.38. The standard InChI is InChI=1S/C29H22N2O6/c1-36-27-9-5-8-22(28(27)37-26-13-11-23(31(34)35)17-24(26)29(32)33)18-30-15-14-21-16-20(10-12-25(21)30)19-6-3-2-4-7-19/h2-17H,18H2,1H3,(H,32,33). The SMILES string of the molecule is COc1cccc(Cn2ccc3cc(-c4ccccc4)ccc32)c1Oc1ccc([N+](=O)[O-])cc1C(=O)O. The zero-order chi connectivity index (χ0) is 25.9. The minimum Gasteiger partial charge on any atom is -0.493 e. The zero-order valence-corrected chi connectivity index (χ0v) is 19.8. The molecule has 0 aliphatic heterocycles. The molecule has 0 unspecified atom stereocenters. The molecule has 1 N–H and O–H groups in total. The molecule has 8 heteroatoms. The Bertz CT molecular complexity index is 1620. The Morgan fingerprint density at radius 3 is 2.46 bits per heavy atom. The smallest absolute Gasteiger partial charge is 0.339 e. The molecule has 4 aromatic carbocycles. The lowest BCUT2D eigenvalue weighted by Crippen LogP contribution is -2.05. The number of hydrogen-bond acceptors (Lipinski definition) is 5. The Labute approximate surface area is 212 Å². The number of aromatic carboxylic acids is 1. The molecular weight excluding hydrogens is 472 g/mol. The number of ether oxygens (including phenoxy) is 2. The van der Waals surface area contributed by atoms with E-state index in [1.807, 2.05) is 42.6 Å². The van der Waals surface area contributed by atoms with Crippen molar-refractivity contribution in [1.82, 2.24) is 4.57 Å². The summed E-state index contributed by atoms with van der Waals surface area (Å²) < 4.78 is 13.6. The molecule has 0 atom stereocenters. The summed E-state index contributed by atoms with van der Waals surface area (Å²) in [5.41, 5.74) is 3.38. The number of aromatic nitrogens is 1. The Kier molecular flexibility index (Phi) is 6.30. The molecule has 37 heavy (non-hydrogen) atoms. The minimum absolute atomic E-state index is 0.0197. The maximum absolute atomic E-state index is 11.8. The van der Waals surface area contributed by atoms with Gasteiger partial charge in [0.15, 0.2) is 11.5 Å². The Morgan fingerprint density at radius 2 is 1.73 bits per heavy atom. The number of methoxy groups -OCH3 is 1. The first-order valence-corrected chi connectivity index (χ1v) is 11.4. The summed E-state index contributed by atoms with van der Waals surface area (Å²) in [5.74, 6) is -0.603. The number of fused-ring (bicyclic) bond motifs is 1. The molecule has 0 fully saturated rings. The summed E-state index contributed by atoms with van der Waals surface area (Å²) in [7, 11) is 1.50. The zero-order valence-electron chi connectivity index (χ0n) is 19.8. The summed E-state index contributed by atoms with van der Waals surface area (Å²) in [4.78, 5) is 22.3. The number of non-ortho nitro benzene ring substituents is 1. The molecule has 0 amide bonds. The van der Waals surface area contributed by atoms with Crippen LogP contribution in [0.5, 0.6) is 17.2 Å². The highest BCUT2D eigenvalue weighted by atomic mass is 16.6. The molecule has 0 spiro atoms. The first-order chi connectivity index (χ1) is 17.9. The molecule has 1 aromatic heterocycles. The van der Waals surface area contributed by atoms with Crippen LogP contribution in [0.4, 0.5) is 5.69 Å². The Hall–Kier alpha value is -5.11. The number of nitro benzene ring substituents is 1. The highest BCUT2D eigenvalue weighted by molar-refractivity contribution is 5.92. The van der Waals surface area contributed by atoms with Crippen LogP contribution < -0.4 is 9.47 Å². The average molecular weight is 495 g/mol. The number of carboxylic acids is 1. The number of para-hydroxylation sites is 1. The monoisotopic (exact) mass is 494 g/mol. The van der Waals surface area contributed by atoms with Crippen LogP contribution in [0.3, 0.4) is 0 Å². The average Bonchev–Trinajstić information content (AvgIpc) is 3.31. The fraction of sp³-hybridized carbons (Fsp3) is 0.0690. The third kappa shape index (κ3) is 4.72. The second-order valence-electron chi connectivity index (χ2n) is 8.38. The van der Waals surface area contributed by atoms with Crippen LogP contribution >= 0.6 is 0 Å². The van der Waals surface area contributed by atoms with Gasteiger partial charge in [-0.25, -0.2) is 4.79 Å². The fourth-order valence-corrected chi connectivity index (χ4v) is 4.29. The number of nitrogens with zero attached hydrogens (tertiary/aromatic N) is 2. The van der Waals surface area contributed by atoms with Crippen molar-refractivity contribution < 1.29 is 24.3 Å². The summed E-state index contributed by atoms with van der Waals surface area (Å²) in [6, 6.07) is 27.4. The van der Waals surface area contributed by atoms with E-state index >= 15 is 0 Å². The van der Waals surface area contributed by atoms with Gasteiger partial charge in [-0.15, -0.1) is 0 Å². The van der Waals surface area contributed by atoms with E-state index in [4.69, 9.17) is 9.47 Å². The number of hydrogen-bond donors (Lipinski definition) is 1. The molecule has 8 nitrogen and oxygen atoms in total. The molecule has 0 saturated carbocycles. The van der Waals surface area contributed by atoms with E-state index in [2.05, 4.69) is 34.9 Å². The lowest BCUT2D eigenvalue weighted by Gasteiger charge is -2.17. The number of carboxylic acid groups (broad SMARTS) is 1. The second kappa shape index (κ2) is 9.87. The molecule has 0 saturated heterocycles. The molecule has 1 heterocycles. The van der Waals surface area contributed by atoms with E-state index in [1.54, 1.807) is 6.07 Å². The van der Waals surface area contributed by atoms with Crippen LogP contribution in [0.25, 0.3) is 22.0 Å². The lowest BCUT2D eigenvalue weighted by atomic mass is 10.0. The van der Waals surface area contributed by atoms with Crippen molar-refractivity contribution in [3.05, 3.63) is 118 Å². The van der Waals surface area contributed by atoms with Crippen molar-refractivity contribution in [3.8, 4) is 28.4 Å². The van der Waals surface area contributed by atoms with E-state index in [-0.39, 0.29) is 17.0 Å². The third-order valence-electron chi connectivity index (χ3n) is 6.12. The van der Waals surface area contributed by atoms with Gasteiger partial charge in [0.1, 0.15) is 11.3 Å². The quantitative estimate of drug-likeness (QED) is 0.189. The maximum atomic E-state index is 11.8. The van der Waals surface area contributed by atoms with Gasteiger partial charge in [-0.3, -0.25) is 10.1 Å². The van der Waals surface area contributed by atoms with Gasteiger partial charge in [-0.1, -0.05) is 48.5 Å². The number of rotatable bonds is 8. The van der Waals surface area contributed by atoms with Crippen molar-refractivity contribution in [2.24, 2.45) is 0 Å².